The van der Waals surface area contributed by atoms with Crippen LogP contribution in [0.5, 0.6) is 0 Å². The molecule has 6 nitrogen and oxygen atoms in total. The molecular formula is C23H35N3O3. The zero-order valence-electron chi connectivity index (χ0n) is 18.4. The first-order valence-electron chi connectivity index (χ1n) is 10.7. The van der Waals surface area contributed by atoms with E-state index < -0.39 is 17.5 Å². The average Bonchev–Trinajstić information content (AvgIpc) is 2.86. The number of aryl methyl sites for hydroxylation is 1. The van der Waals surface area contributed by atoms with Gasteiger partial charge in [-0.2, -0.15) is 0 Å². The second kappa shape index (κ2) is 9.90. The number of hydrogen-bond donors (Lipinski definition) is 2. The lowest BCUT2D eigenvalue weighted by Gasteiger charge is -2.22. The lowest BCUT2D eigenvalue weighted by Crippen LogP contribution is -2.45. The molecule has 2 rings (SSSR count). The Labute approximate surface area is 174 Å². The van der Waals surface area contributed by atoms with Gasteiger partial charge in [0.2, 0.25) is 5.91 Å². The number of nitrogens with zero attached hydrogens (tertiary/aromatic N) is 1. The highest BCUT2D eigenvalue weighted by Gasteiger charge is 2.49. The third-order valence-corrected chi connectivity index (χ3v) is 5.47. The molecule has 2 N–H and O–H groups in total. The second-order valence-corrected chi connectivity index (χ2v) is 8.69. The van der Waals surface area contributed by atoms with Crippen LogP contribution in [0.4, 0.5) is 4.79 Å². The Bertz CT molecular complexity index is 729. The van der Waals surface area contributed by atoms with Crippen molar-refractivity contribution < 1.29 is 14.4 Å². The number of benzene rings is 1. The third kappa shape index (κ3) is 5.81. The quantitative estimate of drug-likeness (QED) is 0.586. The van der Waals surface area contributed by atoms with Crippen molar-refractivity contribution in [1.82, 2.24) is 15.5 Å². The van der Waals surface area contributed by atoms with Gasteiger partial charge in [0.25, 0.3) is 5.91 Å². The minimum absolute atomic E-state index is 0.0134. The van der Waals surface area contributed by atoms with E-state index in [1.807, 2.05) is 31.2 Å². The number of amides is 4. The third-order valence-electron chi connectivity index (χ3n) is 5.47. The fourth-order valence-electron chi connectivity index (χ4n) is 3.70. The van der Waals surface area contributed by atoms with Gasteiger partial charge in [-0.15, -0.1) is 0 Å². The minimum atomic E-state index is -1.15. The minimum Gasteiger partial charge on any atom is -0.352 e. The first-order valence-corrected chi connectivity index (χ1v) is 10.7. The first kappa shape index (κ1) is 22.9. The second-order valence-electron chi connectivity index (χ2n) is 8.69. The van der Waals surface area contributed by atoms with Crippen LogP contribution in [0.15, 0.2) is 24.3 Å². The highest BCUT2D eigenvalue weighted by Crippen LogP contribution is 2.29. The van der Waals surface area contributed by atoms with Crippen LogP contribution >= 0.6 is 0 Å². The predicted molar refractivity (Wildman–Crippen MR) is 114 cm³/mol. The van der Waals surface area contributed by atoms with Crippen molar-refractivity contribution in [3.8, 4) is 0 Å². The predicted octanol–water partition coefficient (Wildman–Crippen LogP) is 3.74. The van der Waals surface area contributed by atoms with Crippen LogP contribution in [0.1, 0.15) is 71.4 Å². The molecule has 1 fully saturated rings. The van der Waals surface area contributed by atoms with Gasteiger partial charge in [0.05, 0.1) is 0 Å². The van der Waals surface area contributed by atoms with Crippen LogP contribution in [0.25, 0.3) is 0 Å². The maximum atomic E-state index is 13.0. The van der Waals surface area contributed by atoms with Crippen LogP contribution in [0.2, 0.25) is 0 Å². The monoisotopic (exact) mass is 401 g/mol. The molecule has 0 radical (unpaired) electrons. The molecule has 0 aromatic heterocycles. The summed E-state index contributed by atoms with van der Waals surface area (Å²) in [7, 11) is 0. The SMILES string of the molecule is CCCc1ccc([C@@]2(C)NC(=O)N(CC(=O)N[C@@H](C)CCCC(C)C)C2=O)cc1. The van der Waals surface area contributed by atoms with Crippen molar-refractivity contribution in [3.05, 3.63) is 35.4 Å². The molecule has 1 heterocycles. The lowest BCUT2D eigenvalue weighted by molar-refractivity contribution is -0.135. The number of urea groups is 1. The van der Waals surface area contributed by atoms with E-state index in [9.17, 15) is 14.4 Å². The molecular weight excluding hydrogens is 366 g/mol. The van der Waals surface area contributed by atoms with Crippen LogP contribution in [-0.2, 0) is 21.5 Å². The van der Waals surface area contributed by atoms with Crippen molar-refractivity contribution in [1.29, 1.82) is 0 Å². The van der Waals surface area contributed by atoms with Crippen molar-refractivity contribution in [2.24, 2.45) is 5.92 Å². The van der Waals surface area contributed by atoms with E-state index in [1.165, 1.54) is 5.56 Å². The normalized spacial score (nSPS) is 20.1. The summed E-state index contributed by atoms with van der Waals surface area (Å²) in [5, 5.41) is 5.66. The van der Waals surface area contributed by atoms with Crippen molar-refractivity contribution in [2.75, 3.05) is 6.54 Å². The van der Waals surface area contributed by atoms with E-state index in [1.54, 1.807) is 6.92 Å². The maximum Gasteiger partial charge on any atom is 0.325 e. The summed E-state index contributed by atoms with van der Waals surface area (Å²) in [6.45, 7) is 9.84. The number of nitrogens with one attached hydrogen (secondary N) is 2. The molecule has 1 saturated heterocycles. The Morgan fingerprint density at radius 1 is 1.14 bits per heavy atom. The van der Waals surface area contributed by atoms with Gasteiger partial charge in [-0.25, -0.2) is 4.79 Å². The van der Waals surface area contributed by atoms with Crippen molar-refractivity contribution >= 4 is 17.8 Å². The molecule has 29 heavy (non-hydrogen) atoms. The largest absolute Gasteiger partial charge is 0.352 e. The first-order chi connectivity index (χ1) is 13.7. The van der Waals surface area contributed by atoms with Gasteiger partial charge in [-0.1, -0.05) is 64.3 Å². The van der Waals surface area contributed by atoms with E-state index >= 15 is 0 Å². The highest BCUT2D eigenvalue weighted by molar-refractivity contribution is 6.09. The molecule has 1 aliphatic heterocycles. The number of rotatable bonds is 10. The lowest BCUT2D eigenvalue weighted by atomic mass is 9.91. The fourth-order valence-corrected chi connectivity index (χ4v) is 3.70. The summed E-state index contributed by atoms with van der Waals surface area (Å²) in [5.74, 6) is -0.0704. The standard InChI is InChI=1S/C23H35N3O3/c1-6-8-18-11-13-19(14-12-18)23(5)21(28)26(22(29)25-23)15-20(27)24-17(4)10-7-9-16(2)3/h11-14,16-17H,6-10,15H2,1-5H3,(H,24,27)(H,25,29)/t17-,23+/m0/s1. The molecule has 0 bridgehead atoms. The van der Waals surface area contributed by atoms with Gasteiger partial charge in [0.1, 0.15) is 12.1 Å². The zero-order valence-corrected chi connectivity index (χ0v) is 18.4. The summed E-state index contributed by atoms with van der Waals surface area (Å²) < 4.78 is 0. The van der Waals surface area contributed by atoms with E-state index in [4.69, 9.17) is 0 Å². The van der Waals surface area contributed by atoms with E-state index in [0.717, 1.165) is 42.6 Å². The topological polar surface area (TPSA) is 78.5 Å². The summed E-state index contributed by atoms with van der Waals surface area (Å²) in [4.78, 5) is 38.8. The molecule has 0 unspecified atom stereocenters. The molecule has 1 aliphatic rings. The van der Waals surface area contributed by atoms with E-state index in [0.29, 0.717) is 5.92 Å². The smallest absolute Gasteiger partial charge is 0.325 e. The van der Waals surface area contributed by atoms with Gasteiger partial charge >= 0.3 is 6.03 Å². The maximum absolute atomic E-state index is 13.0. The molecule has 6 heteroatoms. The summed E-state index contributed by atoms with van der Waals surface area (Å²) in [5.41, 5.74) is 0.769. The molecule has 1 aromatic rings. The van der Waals surface area contributed by atoms with Crippen LogP contribution in [0, 0.1) is 5.92 Å². The Kier molecular flexibility index (Phi) is 7.82. The van der Waals surface area contributed by atoms with Crippen molar-refractivity contribution in [3.63, 3.8) is 0 Å². The fraction of sp³-hybridized carbons (Fsp3) is 0.609. The van der Waals surface area contributed by atoms with Crippen molar-refractivity contribution in [2.45, 2.75) is 78.3 Å². The Morgan fingerprint density at radius 3 is 2.38 bits per heavy atom. The molecule has 0 saturated carbocycles. The molecule has 160 valence electrons. The van der Waals surface area contributed by atoms with Gasteiger partial charge in [-0.3, -0.25) is 14.5 Å². The van der Waals surface area contributed by atoms with Crippen LogP contribution in [-0.4, -0.2) is 35.3 Å². The highest BCUT2D eigenvalue weighted by atomic mass is 16.2. The summed E-state index contributed by atoms with van der Waals surface area (Å²) >= 11 is 0. The Balaban J connectivity index is 1.98. The van der Waals surface area contributed by atoms with Crippen LogP contribution < -0.4 is 10.6 Å². The van der Waals surface area contributed by atoms with Crippen LogP contribution in [0.3, 0.4) is 0 Å². The summed E-state index contributed by atoms with van der Waals surface area (Å²) in [6.07, 6.45) is 5.05. The molecule has 0 aliphatic carbocycles. The number of carbonyl (C=O) groups is 3. The molecule has 1 aromatic carbocycles. The molecule has 0 spiro atoms. The zero-order chi connectivity index (χ0) is 21.6. The number of hydrogen-bond acceptors (Lipinski definition) is 3. The van der Waals surface area contributed by atoms with E-state index in [-0.39, 0.29) is 18.5 Å². The summed E-state index contributed by atoms with van der Waals surface area (Å²) in [6, 6.07) is 7.21. The Morgan fingerprint density at radius 2 is 1.79 bits per heavy atom. The van der Waals surface area contributed by atoms with Gasteiger partial charge < -0.3 is 10.6 Å². The molecule has 4 amide bonds. The Hall–Kier alpha value is -2.37. The molecule has 2 atom stereocenters. The van der Waals surface area contributed by atoms with Gasteiger partial charge in [-0.05, 0) is 43.7 Å². The number of carbonyl (C=O) groups excluding carboxylic acids is 3. The number of imide groups is 1. The van der Waals surface area contributed by atoms with E-state index in [2.05, 4.69) is 31.4 Å². The van der Waals surface area contributed by atoms with Gasteiger partial charge in [0, 0.05) is 6.04 Å². The van der Waals surface area contributed by atoms with Gasteiger partial charge in [0.15, 0.2) is 0 Å². The average molecular weight is 402 g/mol.